The zero-order valence-corrected chi connectivity index (χ0v) is 14.2. The predicted octanol–water partition coefficient (Wildman–Crippen LogP) is 4.24. The van der Waals surface area contributed by atoms with Gasteiger partial charge in [0.1, 0.15) is 5.75 Å². The quantitative estimate of drug-likeness (QED) is 0.327. The molecule has 0 aromatic heterocycles. The first-order valence-corrected chi connectivity index (χ1v) is 7.73. The molecule has 1 aromatic carbocycles. The van der Waals surface area contributed by atoms with Crippen LogP contribution in [0.15, 0.2) is 46.3 Å². The van der Waals surface area contributed by atoms with Crippen LogP contribution >= 0.6 is 0 Å². The molecule has 0 saturated heterocycles. The first-order valence-electron chi connectivity index (χ1n) is 7.73. The van der Waals surface area contributed by atoms with E-state index in [1.165, 1.54) is 5.57 Å². The van der Waals surface area contributed by atoms with E-state index in [9.17, 15) is 5.11 Å². The van der Waals surface area contributed by atoms with Gasteiger partial charge in [0.15, 0.2) is 0 Å². The number of rotatable bonds is 8. The standard InChI is InChI=1S/C17H28N4O/c1-6-14(4)15(11-12-21(5)20-19-13(2)3)18-16-9-7-8-10-17(16)22/h6-10,13,15,18,22H,11-12H2,1-5H3/b14-6+,20-19?. The Morgan fingerprint density at radius 3 is 2.64 bits per heavy atom. The van der Waals surface area contributed by atoms with Gasteiger partial charge in [0, 0.05) is 19.6 Å². The van der Waals surface area contributed by atoms with E-state index >= 15 is 0 Å². The molecule has 1 aromatic rings. The van der Waals surface area contributed by atoms with Crippen molar-refractivity contribution >= 4 is 5.69 Å². The summed E-state index contributed by atoms with van der Waals surface area (Å²) >= 11 is 0. The fourth-order valence-electron chi connectivity index (χ4n) is 1.95. The van der Waals surface area contributed by atoms with Crippen LogP contribution in [0.2, 0.25) is 0 Å². The zero-order chi connectivity index (χ0) is 16.5. The number of nitrogens with one attached hydrogen (secondary N) is 1. The van der Waals surface area contributed by atoms with Crippen molar-refractivity contribution < 1.29 is 5.11 Å². The molecule has 22 heavy (non-hydrogen) atoms. The number of nitrogens with zero attached hydrogens (tertiary/aromatic N) is 3. The van der Waals surface area contributed by atoms with Gasteiger partial charge in [0.2, 0.25) is 0 Å². The number of aromatic hydroxyl groups is 1. The molecule has 0 radical (unpaired) electrons. The number of allylic oxidation sites excluding steroid dienone is 1. The second-order valence-corrected chi connectivity index (χ2v) is 5.72. The van der Waals surface area contributed by atoms with Crippen LogP contribution in [0, 0.1) is 0 Å². The maximum atomic E-state index is 9.91. The van der Waals surface area contributed by atoms with Crippen molar-refractivity contribution in [2.75, 3.05) is 18.9 Å². The Labute approximate surface area is 133 Å². The number of hydrogen-bond donors (Lipinski definition) is 2. The normalized spacial score (nSPS) is 13.6. The molecule has 0 heterocycles. The minimum Gasteiger partial charge on any atom is -0.506 e. The van der Waals surface area contributed by atoms with Gasteiger partial charge in [-0.05, 0) is 46.2 Å². The number of phenolic OH excluding ortho intramolecular Hbond substituents is 1. The summed E-state index contributed by atoms with van der Waals surface area (Å²) in [6.45, 7) is 8.91. The smallest absolute Gasteiger partial charge is 0.138 e. The third-order valence-corrected chi connectivity index (χ3v) is 3.42. The lowest BCUT2D eigenvalue weighted by molar-refractivity contribution is 0.312. The van der Waals surface area contributed by atoms with E-state index in [2.05, 4.69) is 28.7 Å². The lowest BCUT2D eigenvalue weighted by atomic mass is 10.0. The van der Waals surface area contributed by atoms with Gasteiger partial charge >= 0.3 is 0 Å². The topological polar surface area (TPSA) is 60.2 Å². The number of phenols is 1. The fourth-order valence-corrected chi connectivity index (χ4v) is 1.95. The van der Waals surface area contributed by atoms with Gasteiger partial charge in [-0.2, -0.15) is 5.11 Å². The molecule has 0 aliphatic rings. The van der Waals surface area contributed by atoms with Crippen molar-refractivity contribution in [2.24, 2.45) is 10.3 Å². The second-order valence-electron chi connectivity index (χ2n) is 5.72. The third-order valence-electron chi connectivity index (χ3n) is 3.42. The summed E-state index contributed by atoms with van der Waals surface area (Å²) in [5.74, 6) is 0.268. The molecule has 5 heteroatoms. The van der Waals surface area contributed by atoms with Gasteiger partial charge in [-0.25, -0.2) is 0 Å². The summed E-state index contributed by atoms with van der Waals surface area (Å²) in [6, 6.07) is 7.65. The molecule has 0 bridgehead atoms. The molecule has 0 aliphatic heterocycles. The lowest BCUT2D eigenvalue weighted by Gasteiger charge is -2.23. The van der Waals surface area contributed by atoms with Crippen LogP contribution in [0.25, 0.3) is 0 Å². The molecule has 0 saturated carbocycles. The Morgan fingerprint density at radius 1 is 1.36 bits per heavy atom. The van der Waals surface area contributed by atoms with Crippen LogP contribution in [-0.4, -0.2) is 35.8 Å². The molecule has 0 spiro atoms. The average Bonchev–Trinajstić information content (AvgIpc) is 2.50. The van der Waals surface area contributed by atoms with Crippen molar-refractivity contribution in [1.82, 2.24) is 5.01 Å². The first-order chi connectivity index (χ1) is 10.4. The number of para-hydroxylation sites is 2. The van der Waals surface area contributed by atoms with E-state index < -0.39 is 0 Å². The summed E-state index contributed by atoms with van der Waals surface area (Å²) in [5, 5.41) is 23.5. The highest BCUT2D eigenvalue weighted by molar-refractivity contribution is 5.56. The summed E-state index contributed by atoms with van der Waals surface area (Å²) in [5.41, 5.74) is 1.98. The van der Waals surface area contributed by atoms with Gasteiger partial charge in [-0.15, -0.1) is 0 Å². The van der Waals surface area contributed by atoms with Gasteiger partial charge in [0.25, 0.3) is 0 Å². The number of hydrogen-bond acceptors (Lipinski definition) is 4. The Morgan fingerprint density at radius 2 is 2.05 bits per heavy atom. The van der Waals surface area contributed by atoms with Crippen LogP contribution in [0.5, 0.6) is 5.75 Å². The molecule has 1 unspecified atom stereocenters. The van der Waals surface area contributed by atoms with Gasteiger partial charge < -0.3 is 10.4 Å². The van der Waals surface area contributed by atoms with Crippen molar-refractivity contribution in [3.05, 3.63) is 35.9 Å². The van der Waals surface area contributed by atoms with Gasteiger partial charge in [-0.1, -0.05) is 29.0 Å². The average molecular weight is 304 g/mol. The van der Waals surface area contributed by atoms with E-state index in [4.69, 9.17) is 0 Å². The zero-order valence-electron chi connectivity index (χ0n) is 14.2. The monoisotopic (exact) mass is 304 g/mol. The van der Waals surface area contributed by atoms with Crippen LogP contribution < -0.4 is 5.32 Å². The Hall–Kier alpha value is -2.04. The summed E-state index contributed by atoms with van der Waals surface area (Å²) in [4.78, 5) is 0. The summed E-state index contributed by atoms with van der Waals surface area (Å²) < 4.78 is 0. The molecule has 122 valence electrons. The van der Waals surface area contributed by atoms with Gasteiger partial charge in [-0.3, -0.25) is 5.01 Å². The Balaban J connectivity index is 2.68. The predicted molar refractivity (Wildman–Crippen MR) is 92.2 cm³/mol. The highest BCUT2D eigenvalue weighted by Crippen LogP contribution is 2.24. The van der Waals surface area contributed by atoms with Crippen molar-refractivity contribution in [1.29, 1.82) is 0 Å². The van der Waals surface area contributed by atoms with Crippen molar-refractivity contribution in [2.45, 2.75) is 46.2 Å². The summed E-state index contributed by atoms with van der Waals surface area (Å²) in [6.07, 6.45) is 2.96. The van der Waals surface area contributed by atoms with E-state index in [1.807, 2.05) is 51.0 Å². The van der Waals surface area contributed by atoms with Crippen molar-refractivity contribution in [3.8, 4) is 5.75 Å². The van der Waals surface area contributed by atoms with E-state index in [1.54, 1.807) is 6.07 Å². The minimum absolute atomic E-state index is 0.148. The SMILES string of the molecule is C/C=C(\C)C(CCN(C)N=NC(C)C)Nc1ccccc1O. The van der Waals surface area contributed by atoms with E-state index in [0.29, 0.717) is 0 Å². The molecular weight excluding hydrogens is 276 g/mol. The summed E-state index contributed by atoms with van der Waals surface area (Å²) in [7, 11) is 1.92. The highest BCUT2D eigenvalue weighted by Gasteiger charge is 2.13. The first kappa shape index (κ1) is 18.0. The molecule has 5 nitrogen and oxygen atoms in total. The molecule has 0 aliphatic carbocycles. The lowest BCUT2D eigenvalue weighted by Crippen LogP contribution is -2.26. The van der Waals surface area contributed by atoms with Crippen LogP contribution in [0.4, 0.5) is 5.69 Å². The maximum absolute atomic E-state index is 9.91. The molecular formula is C17H28N4O. The molecule has 0 amide bonds. The van der Waals surface area contributed by atoms with Gasteiger partial charge in [0.05, 0.1) is 11.7 Å². The van der Waals surface area contributed by atoms with Crippen molar-refractivity contribution in [3.63, 3.8) is 0 Å². The van der Waals surface area contributed by atoms with E-state index in [-0.39, 0.29) is 17.8 Å². The molecule has 1 rings (SSSR count). The number of benzene rings is 1. The second kappa shape index (κ2) is 9.07. The largest absolute Gasteiger partial charge is 0.506 e. The minimum atomic E-state index is 0.148. The van der Waals surface area contributed by atoms with Crippen LogP contribution in [0.1, 0.15) is 34.1 Å². The van der Waals surface area contributed by atoms with Crippen LogP contribution in [-0.2, 0) is 0 Å². The number of anilines is 1. The Kier molecular flexibility index (Phi) is 7.43. The molecule has 1 atom stereocenters. The Bertz CT molecular complexity index is 511. The maximum Gasteiger partial charge on any atom is 0.138 e. The molecule has 2 N–H and O–H groups in total. The van der Waals surface area contributed by atoms with Crippen LogP contribution in [0.3, 0.4) is 0 Å². The molecule has 0 fully saturated rings. The highest BCUT2D eigenvalue weighted by atomic mass is 16.3. The third kappa shape index (κ3) is 6.16. The van der Waals surface area contributed by atoms with E-state index in [0.717, 1.165) is 18.7 Å². The fraction of sp³-hybridized carbons (Fsp3) is 0.529.